The van der Waals surface area contributed by atoms with Gasteiger partial charge in [0.2, 0.25) is 0 Å². The molecule has 1 aromatic heterocycles. The Hall–Kier alpha value is -1.66. The molecule has 27 heavy (non-hydrogen) atoms. The average Bonchev–Trinajstić information content (AvgIpc) is 3.11. The van der Waals surface area contributed by atoms with Crippen molar-refractivity contribution >= 4 is 28.6 Å². The molecular weight excluding hydrogens is 356 g/mol. The summed E-state index contributed by atoms with van der Waals surface area (Å²) in [6.07, 6.45) is 7.45. The van der Waals surface area contributed by atoms with E-state index in [1.807, 2.05) is 11.8 Å². The summed E-state index contributed by atoms with van der Waals surface area (Å²) >= 11 is 1.93. The number of ether oxygens (including phenoxy) is 1. The third-order valence-corrected chi connectivity index (χ3v) is 6.81. The molecule has 0 radical (unpaired) electrons. The number of rotatable bonds is 7. The monoisotopic (exact) mass is 388 g/mol. The Bertz CT molecular complexity index is 765. The number of aliphatic imine (C=N–C) groups is 1. The van der Waals surface area contributed by atoms with Gasteiger partial charge in [-0.25, -0.2) is 0 Å². The Morgan fingerprint density at radius 1 is 1.30 bits per heavy atom. The highest BCUT2D eigenvalue weighted by atomic mass is 32.2. The zero-order chi connectivity index (χ0) is 19.1. The van der Waals surface area contributed by atoms with Crippen molar-refractivity contribution in [1.82, 2.24) is 15.6 Å². The van der Waals surface area contributed by atoms with Gasteiger partial charge in [0.05, 0.1) is 6.54 Å². The third kappa shape index (κ3) is 4.99. The molecule has 1 saturated heterocycles. The van der Waals surface area contributed by atoms with Crippen molar-refractivity contribution in [3.63, 3.8) is 0 Å². The van der Waals surface area contributed by atoms with Crippen LogP contribution in [0.2, 0.25) is 0 Å². The van der Waals surface area contributed by atoms with Gasteiger partial charge < -0.3 is 20.4 Å². The standard InChI is InChI=1S/C21H32N4OS/c1-4-22-20(25-15-21(27-3)9-12-26-13-10-21)23-11-8-17-14-24-19-16(2)6-5-7-18(17)19/h5-7,14,24H,4,8-13,15H2,1-3H3,(H2,22,23,25). The van der Waals surface area contributed by atoms with Crippen LogP contribution in [0.5, 0.6) is 0 Å². The molecule has 5 nitrogen and oxygen atoms in total. The minimum Gasteiger partial charge on any atom is -0.381 e. The summed E-state index contributed by atoms with van der Waals surface area (Å²) in [5.74, 6) is 0.911. The molecule has 0 bridgehead atoms. The molecule has 6 heteroatoms. The van der Waals surface area contributed by atoms with Crippen molar-refractivity contribution in [2.75, 3.05) is 39.1 Å². The molecule has 1 aromatic carbocycles. The van der Waals surface area contributed by atoms with Gasteiger partial charge in [-0.3, -0.25) is 4.99 Å². The molecule has 3 N–H and O–H groups in total. The first kappa shape index (κ1) is 20.1. The first-order valence-corrected chi connectivity index (χ1v) is 11.1. The maximum absolute atomic E-state index is 5.53. The smallest absolute Gasteiger partial charge is 0.191 e. The summed E-state index contributed by atoms with van der Waals surface area (Å²) in [5.41, 5.74) is 3.89. The summed E-state index contributed by atoms with van der Waals surface area (Å²) < 4.78 is 5.75. The number of fused-ring (bicyclic) bond motifs is 1. The van der Waals surface area contributed by atoms with Crippen LogP contribution in [0.1, 0.15) is 30.9 Å². The molecule has 0 spiro atoms. The second-order valence-electron chi connectivity index (χ2n) is 7.18. The van der Waals surface area contributed by atoms with Gasteiger partial charge in [0.1, 0.15) is 0 Å². The minimum atomic E-state index is 0.217. The Morgan fingerprint density at radius 2 is 2.11 bits per heavy atom. The van der Waals surface area contributed by atoms with Crippen LogP contribution in [0.15, 0.2) is 29.4 Å². The van der Waals surface area contributed by atoms with Crippen LogP contribution >= 0.6 is 11.8 Å². The normalized spacial score (nSPS) is 17.2. The topological polar surface area (TPSA) is 61.4 Å². The molecule has 3 rings (SSSR count). The molecular formula is C21H32N4OS. The van der Waals surface area contributed by atoms with Gasteiger partial charge in [0.25, 0.3) is 0 Å². The van der Waals surface area contributed by atoms with E-state index < -0.39 is 0 Å². The van der Waals surface area contributed by atoms with Crippen molar-refractivity contribution in [3.8, 4) is 0 Å². The molecule has 0 aliphatic carbocycles. The zero-order valence-electron chi connectivity index (χ0n) is 16.7. The zero-order valence-corrected chi connectivity index (χ0v) is 17.5. The number of para-hydroxylation sites is 1. The molecule has 148 valence electrons. The van der Waals surface area contributed by atoms with Crippen molar-refractivity contribution in [3.05, 3.63) is 35.5 Å². The van der Waals surface area contributed by atoms with Gasteiger partial charge in [-0.2, -0.15) is 11.8 Å². The van der Waals surface area contributed by atoms with Crippen LogP contribution in [0.3, 0.4) is 0 Å². The predicted molar refractivity (Wildman–Crippen MR) is 117 cm³/mol. The molecule has 2 heterocycles. The van der Waals surface area contributed by atoms with Crippen molar-refractivity contribution in [2.24, 2.45) is 4.99 Å². The SMILES string of the molecule is CCNC(=NCC1(SC)CCOCC1)NCCc1c[nH]c2c(C)cccc12. The van der Waals surface area contributed by atoms with Crippen LogP contribution < -0.4 is 10.6 Å². The Labute approximate surface area is 166 Å². The fourth-order valence-corrected chi connectivity index (χ4v) is 4.39. The third-order valence-electron chi connectivity index (χ3n) is 5.40. The highest BCUT2D eigenvalue weighted by molar-refractivity contribution is 8.00. The number of benzene rings is 1. The molecule has 0 unspecified atom stereocenters. The lowest BCUT2D eigenvalue weighted by atomic mass is 9.99. The second kappa shape index (κ2) is 9.51. The first-order valence-electron chi connectivity index (χ1n) is 9.88. The van der Waals surface area contributed by atoms with Gasteiger partial charge in [0, 0.05) is 48.2 Å². The minimum absolute atomic E-state index is 0.217. The Morgan fingerprint density at radius 3 is 2.85 bits per heavy atom. The molecule has 1 aliphatic heterocycles. The maximum Gasteiger partial charge on any atom is 0.191 e. The summed E-state index contributed by atoms with van der Waals surface area (Å²) in [5, 5.41) is 8.21. The van der Waals surface area contributed by atoms with E-state index >= 15 is 0 Å². The van der Waals surface area contributed by atoms with E-state index in [2.05, 4.69) is 60.1 Å². The van der Waals surface area contributed by atoms with E-state index in [4.69, 9.17) is 9.73 Å². The number of hydrogen-bond donors (Lipinski definition) is 3. The quantitative estimate of drug-likeness (QED) is 0.502. The number of aromatic amines is 1. The summed E-state index contributed by atoms with van der Waals surface area (Å²) in [4.78, 5) is 8.30. The maximum atomic E-state index is 5.53. The average molecular weight is 389 g/mol. The first-order chi connectivity index (χ1) is 13.2. The van der Waals surface area contributed by atoms with Crippen LogP contribution in [-0.2, 0) is 11.2 Å². The number of aryl methyl sites for hydroxylation is 1. The Kier molecular flexibility index (Phi) is 7.07. The van der Waals surface area contributed by atoms with E-state index in [0.29, 0.717) is 0 Å². The number of H-pyrrole nitrogens is 1. The fraction of sp³-hybridized carbons (Fsp3) is 0.571. The van der Waals surface area contributed by atoms with Crippen LogP contribution in [-0.4, -0.2) is 54.8 Å². The molecule has 0 atom stereocenters. The van der Waals surface area contributed by atoms with E-state index in [9.17, 15) is 0 Å². The van der Waals surface area contributed by atoms with E-state index in [1.54, 1.807) is 0 Å². The lowest BCUT2D eigenvalue weighted by molar-refractivity contribution is 0.0794. The number of aromatic nitrogens is 1. The molecule has 2 aromatic rings. The lowest BCUT2D eigenvalue weighted by Gasteiger charge is -2.34. The molecule has 0 amide bonds. The molecule has 1 fully saturated rings. The number of hydrogen-bond acceptors (Lipinski definition) is 3. The van der Waals surface area contributed by atoms with Crippen molar-refractivity contribution in [2.45, 2.75) is 37.9 Å². The fourth-order valence-electron chi connectivity index (χ4n) is 3.62. The van der Waals surface area contributed by atoms with Gasteiger partial charge >= 0.3 is 0 Å². The predicted octanol–water partition coefficient (Wildman–Crippen LogP) is 3.49. The number of nitrogens with one attached hydrogen (secondary N) is 3. The van der Waals surface area contributed by atoms with Crippen LogP contribution in [0.25, 0.3) is 10.9 Å². The summed E-state index contributed by atoms with van der Waals surface area (Å²) in [7, 11) is 0. The number of guanidine groups is 1. The van der Waals surface area contributed by atoms with Gasteiger partial charge in [-0.05, 0) is 50.5 Å². The lowest BCUT2D eigenvalue weighted by Crippen LogP contribution is -2.41. The van der Waals surface area contributed by atoms with Crippen molar-refractivity contribution in [1.29, 1.82) is 0 Å². The largest absolute Gasteiger partial charge is 0.381 e. The molecule has 1 aliphatic rings. The number of thioether (sulfide) groups is 1. The molecule has 0 saturated carbocycles. The summed E-state index contributed by atoms with van der Waals surface area (Å²) in [6, 6.07) is 6.47. The van der Waals surface area contributed by atoms with Crippen molar-refractivity contribution < 1.29 is 4.74 Å². The van der Waals surface area contributed by atoms with E-state index in [1.165, 1.54) is 22.0 Å². The van der Waals surface area contributed by atoms with E-state index in [0.717, 1.165) is 58.1 Å². The van der Waals surface area contributed by atoms with E-state index in [-0.39, 0.29) is 4.75 Å². The number of nitrogens with zero attached hydrogens (tertiary/aromatic N) is 1. The van der Waals surface area contributed by atoms with Gasteiger partial charge in [-0.15, -0.1) is 0 Å². The second-order valence-corrected chi connectivity index (χ2v) is 8.46. The van der Waals surface area contributed by atoms with Gasteiger partial charge in [0.15, 0.2) is 5.96 Å². The highest BCUT2D eigenvalue weighted by Gasteiger charge is 2.31. The Balaban J connectivity index is 1.59. The highest BCUT2D eigenvalue weighted by Crippen LogP contribution is 2.34. The van der Waals surface area contributed by atoms with Crippen LogP contribution in [0, 0.1) is 6.92 Å². The summed E-state index contributed by atoms with van der Waals surface area (Å²) in [6.45, 7) is 8.52. The van der Waals surface area contributed by atoms with Gasteiger partial charge in [-0.1, -0.05) is 18.2 Å². The van der Waals surface area contributed by atoms with Crippen LogP contribution in [0.4, 0.5) is 0 Å².